The first kappa shape index (κ1) is 31.5. The Labute approximate surface area is 236 Å². The van der Waals surface area contributed by atoms with E-state index in [1.165, 1.54) is 13.8 Å². The van der Waals surface area contributed by atoms with Gasteiger partial charge in [0.05, 0.1) is 6.42 Å². The molecule has 0 aromatic heterocycles. The number of nitrogens with one attached hydrogen (secondary N) is 3. The molecule has 0 unspecified atom stereocenters. The normalized spacial score (nSPS) is 12.4. The summed E-state index contributed by atoms with van der Waals surface area (Å²) < 4.78 is 59.1. The molecule has 0 heterocycles. The molecule has 0 aliphatic carbocycles. The second-order valence-corrected chi connectivity index (χ2v) is 9.42. The van der Waals surface area contributed by atoms with E-state index in [-0.39, 0.29) is 6.07 Å². The molecule has 10 nitrogen and oxygen atoms in total. The Morgan fingerprint density at radius 3 is 2.05 bits per heavy atom. The highest BCUT2D eigenvalue weighted by Gasteiger charge is 2.32. The summed E-state index contributed by atoms with van der Waals surface area (Å²) in [6.07, 6.45) is -1.02. The number of carboxylic acid groups (broad SMARTS) is 1. The van der Waals surface area contributed by atoms with E-state index < -0.39 is 89.5 Å². The Hall–Kier alpha value is -5.01. The van der Waals surface area contributed by atoms with Gasteiger partial charge in [0.25, 0.3) is 0 Å². The number of ether oxygens (including phenoxy) is 1. The molecule has 3 aromatic rings. The molecular formula is C28H25F4N3O7. The van der Waals surface area contributed by atoms with Crippen molar-refractivity contribution in [3.8, 4) is 5.75 Å². The topological polar surface area (TPSA) is 151 Å². The molecule has 3 rings (SSSR count). The lowest BCUT2D eigenvalue weighted by Crippen LogP contribution is -2.56. The van der Waals surface area contributed by atoms with Gasteiger partial charge in [0.15, 0.2) is 23.2 Å². The van der Waals surface area contributed by atoms with Gasteiger partial charge in [-0.15, -0.1) is 0 Å². The van der Waals surface area contributed by atoms with Gasteiger partial charge < -0.3 is 25.8 Å². The van der Waals surface area contributed by atoms with Crippen molar-refractivity contribution in [1.29, 1.82) is 0 Å². The Bertz CT molecular complexity index is 1520. The van der Waals surface area contributed by atoms with Crippen LogP contribution in [0.15, 0.2) is 48.5 Å². The standard InChI is InChI=1S/C28H25F4N3O7/c1-13(2)24(35-28(41)27(40)33-16-8-7-14-5-3-4-6-15(14)9-16)26(39)34-19(11-21(37)38)20(36)12-42-25-22(31)17(29)10-18(30)23(25)32/h3-10,13,19,24H,11-12H2,1-2H3,(H,33,40)(H,34,39)(H,35,41)(H,37,38)/t19-,24-/m0/s1. The zero-order chi connectivity index (χ0) is 31.1. The van der Waals surface area contributed by atoms with Gasteiger partial charge in [-0.1, -0.05) is 44.2 Å². The van der Waals surface area contributed by atoms with Crippen LogP contribution in [0.3, 0.4) is 0 Å². The molecule has 0 saturated carbocycles. The smallest absolute Gasteiger partial charge is 0.313 e. The number of carbonyl (C=O) groups excluding carboxylic acids is 4. The Kier molecular flexibility index (Phi) is 10.2. The Morgan fingerprint density at radius 1 is 0.833 bits per heavy atom. The summed E-state index contributed by atoms with van der Waals surface area (Å²) in [5.74, 6) is -15.8. The number of anilines is 1. The maximum atomic E-state index is 13.8. The van der Waals surface area contributed by atoms with Crippen molar-refractivity contribution >= 4 is 45.9 Å². The number of amides is 3. The number of Topliss-reactive ketones (excluding diaryl/α,β-unsaturated/α-hetero) is 1. The van der Waals surface area contributed by atoms with E-state index in [9.17, 15) is 46.6 Å². The number of halogens is 4. The molecule has 14 heteroatoms. The van der Waals surface area contributed by atoms with E-state index in [0.717, 1.165) is 10.8 Å². The predicted octanol–water partition coefficient (Wildman–Crippen LogP) is 3.08. The van der Waals surface area contributed by atoms with Crippen LogP contribution in [-0.2, 0) is 24.0 Å². The number of hydrogen-bond donors (Lipinski definition) is 4. The molecule has 42 heavy (non-hydrogen) atoms. The lowest BCUT2D eigenvalue weighted by Gasteiger charge is -2.24. The number of ketones is 1. The Morgan fingerprint density at radius 2 is 1.45 bits per heavy atom. The van der Waals surface area contributed by atoms with E-state index in [1.54, 1.807) is 30.3 Å². The largest absolute Gasteiger partial charge is 0.481 e. The average Bonchev–Trinajstić information content (AvgIpc) is 2.93. The van der Waals surface area contributed by atoms with Crippen molar-refractivity contribution in [2.75, 3.05) is 11.9 Å². The van der Waals surface area contributed by atoms with E-state index in [4.69, 9.17) is 0 Å². The fraction of sp³-hybridized carbons (Fsp3) is 0.250. The highest BCUT2D eigenvalue weighted by atomic mass is 19.2. The summed E-state index contributed by atoms with van der Waals surface area (Å²) in [6.45, 7) is 1.71. The number of benzene rings is 3. The molecule has 3 amide bonds. The maximum absolute atomic E-state index is 13.8. The van der Waals surface area contributed by atoms with Crippen molar-refractivity contribution in [2.45, 2.75) is 32.4 Å². The zero-order valence-electron chi connectivity index (χ0n) is 22.2. The van der Waals surface area contributed by atoms with Crippen molar-refractivity contribution in [3.63, 3.8) is 0 Å². The summed E-state index contributed by atoms with van der Waals surface area (Å²) in [4.78, 5) is 62.0. The van der Waals surface area contributed by atoms with Crippen LogP contribution >= 0.6 is 0 Å². The van der Waals surface area contributed by atoms with Crippen LogP contribution in [0, 0.1) is 29.2 Å². The van der Waals surface area contributed by atoms with Crippen molar-refractivity contribution in [1.82, 2.24) is 10.6 Å². The number of fused-ring (bicyclic) bond motifs is 1. The average molecular weight is 592 g/mol. The first-order chi connectivity index (χ1) is 19.8. The van der Waals surface area contributed by atoms with Crippen LogP contribution in [0.2, 0.25) is 0 Å². The molecule has 0 saturated heterocycles. The third kappa shape index (κ3) is 7.80. The molecule has 3 aromatic carbocycles. The minimum absolute atomic E-state index is 0.0742. The lowest BCUT2D eigenvalue weighted by molar-refractivity contribution is -0.141. The monoisotopic (exact) mass is 591 g/mol. The second-order valence-electron chi connectivity index (χ2n) is 9.42. The van der Waals surface area contributed by atoms with Gasteiger partial charge in [0.1, 0.15) is 18.7 Å². The molecule has 0 radical (unpaired) electrons. The lowest BCUT2D eigenvalue weighted by atomic mass is 10.0. The third-order valence-electron chi connectivity index (χ3n) is 5.96. The fourth-order valence-electron chi connectivity index (χ4n) is 3.80. The summed E-state index contributed by atoms with van der Waals surface area (Å²) in [6, 6.07) is 8.85. The summed E-state index contributed by atoms with van der Waals surface area (Å²) >= 11 is 0. The quantitative estimate of drug-likeness (QED) is 0.152. The molecule has 0 fully saturated rings. The summed E-state index contributed by atoms with van der Waals surface area (Å²) in [5, 5.41) is 17.6. The van der Waals surface area contributed by atoms with Gasteiger partial charge >= 0.3 is 17.8 Å². The van der Waals surface area contributed by atoms with E-state index in [1.807, 2.05) is 12.1 Å². The van der Waals surface area contributed by atoms with Gasteiger partial charge in [-0.05, 0) is 28.8 Å². The van der Waals surface area contributed by atoms with Crippen molar-refractivity contribution < 1.29 is 51.4 Å². The number of hydrogen-bond acceptors (Lipinski definition) is 6. The first-order valence-electron chi connectivity index (χ1n) is 12.4. The highest BCUT2D eigenvalue weighted by molar-refractivity contribution is 6.40. The molecule has 0 spiro atoms. The SMILES string of the molecule is CC(C)[C@H](NC(=O)C(=O)Nc1ccc2ccccc2c1)C(=O)N[C@@H](CC(=O)O)C(=O)COc1c(F)c(F)cc(F)c1F. The minimum atomic E-state index is -1.93. The second kappa shape index (κ2) is 13.6. The van der Waals surface area contributed by atoms with Crippen LogP contribution in [-0.4, -0.2) is 53.3 Å². The molecule has 0 aliphatic heterocycles. The third-order valence-corrected chi connectivity index (χ3v) is 5.96. The van der Waals surface area contributed by atoms with Gasteiger partial charge in [-0.25, -0.2) is 8.78 Å². The summed E-state index contributed by atoms with van der Waals surface area (Å²) in [7, 11) is 0. The Balaban J connectivity index is 1.68. The van der Waals surface area contributed by atoms with Gasteiger partial charge in [0.2, 0.25) is 17.5 Å². The van der Waals surface area contributed by atoms with E-state index >= 15 is 0 Å². The van der Waals surface area contributed by atoms with Crippen LogP contribution in [0.4, 0.5) is 23.2 Å². The van der Waals surface area contributed by atoms with Crippen LogP contribution in [0.1, 0.15) is 20.3 Å². The molecule has 0 bridgehead atoms. The number of rotatable bonds is 11. The molecule has 2 atom stereocenters. The minimum Gasteiger partial charge on any atom is -0.481 e. The fourth-order valence-corrected chi connectivity index (χ4v) is 3.80. The molecule has 222 valence electrons. The zero-order valence-corrected chi connectivity index (χ0v) is 22.2. The highest BCUT2D eigenvalue weighted by Crippen LogP contribution is 2.26. The van der Waals surface area contributed by atoms with Gasteiger partial charge in [-0.3, -0.25) is 24.0 Å². The molecule has 4 N–H and O–H groups in total. The first-order valence-corrected chi connectivity index (χ1v) is 12.4. The molecular weight excluding hydrogens is 566 g/mol. The maximum Gasteiger partial charge on any atom is 0.313 e. The van der Waals surface area contributed by atoms with E-state index in [0.29, 0.717) is 5.69 Å². The predicted molar refractivity (Wildman–Crippen MR) is 140 cm³/mol. The van der Waals surface area contributed by atoms with Crippen LogP contribution in [0.5, 0.6) is 5.75 Å². The van der Waals surface area contributed by atoms with Crippen LogP contribution < -0.4 is 20.7 Å². The molecule has 0 aliphatic rings. The van der Waals surface area contributed by atoms with Crippen LogP contribution in [0.25, 0.3) is 10.8 Å². The number of carboxylic acids is 1. The number of aliphatic carboxylic acids is 1. The van der Waals surface area contributed by atoms with Gasteiger partial charge in [0, 0.05) is 11.8 Å². The number of carbonyl (C=O) groups is 5. The van der Waals surface area contributed by atoms with E-state index in [2.05, 4.69) is 20.7 Å². The van der Waals surface area contributed by atoms with Crippen molar-refractivity contribution in [3.05, 3.63) is 71.8 Å². The van der Waals surface area contributed by atoms with Crippen molar-refractivity contribution in [2.24, 2.45) is 5.92 Å². The van der Waals surface area contributed by atoms with Gasteiger partial charge in [-0.2, -0.15) is 8.78 Å². The summed E-state index contributed by atoms with van der Waals surface area (Å²) in [5.41, 5.74) is 0.303.